The van der Waals surface area contributed by atoms with Crippen molar-refractivity contribution in [3.05, 3.63) is 29.8 Å². The van der Waals surface area contributed by atoms with Gasteiger partial charge in [-0.2, -0.15) is 0 Å². The first-order chi connectivity index (χ1) is 6.51. The standard InChI is InChI=1S/C12H15O2/c1-12(2,3)9-14-11-6-4-10(8-13)5-7-11/h4-7H,9H2,1-3H3. The second kappa shape index (κ2) is 4.27. The van der Waals surface area contributed by atoms with Gasteiger partial charge < -0.3 is 4.74 Å². The summed E-state index contributed by atoms with van der Waals surface area (Å²) in [7, 11) is 0. The van der Waals surface area contributed by atoms with Crippen LogP contribution in [0.25, 0.3) is 0 Å². The minimum absolute atomic E-state index is 0.148. The number of hydrogen-bond acceptors (Lipinski definition) is 2. The third-order valence-electron chi connectivity index (χ3n) is 1.64. The molecule has 2 heteroatoms. The minimum Gasteiger partial charge on any atom is -0.493 e. The zero-order valence-electron chi connectivity index (χ0n) is 8.83. The summed E-state index contributed by atoms with van der Waals surface area (Å²) in [6.07, 6.45) is 1.82. The number of ether oxygens (including phenoxy) is 1. The number of benzene rings is 1. The Labute approximate surface area is 84.9 Å². The van der Waals surface area contributed by atoms with Crippen molar-refractivity contribution in [2.45, 2.75) is 20.8 Å². The fourth-order valence-corrected chi connectivity index (χ4v) is 0.919. The molecule has 0 spiro atoms. The van der Waals surface area contributed by atoms with E-state index in [0.717, 1.165) is 5.75 Å². The summed E-state index contributed by atoms with van der Waals surface area (Å²) in [5.41, 5.74) is 0.697. The van der Waals surface area contributed by atoms with Crippen LogP contribution in [0.5, 0.6) is 5.75 Å². The maximum atomic E-state index is 10.3. The van der Waals surface area contributed by atoms with Crippen molar-refractivity contribution < 1.29 is 9.53 Å². The van der Waals surface area contributed by atoms with E-state index in [0.29, 0.717) is 12.2 Å². The fraction of sp³-hybridized carbons (Fsp3) is 0.417. The first-order valence-corrected chi connectivity index (χ1v) is 4.62. The predicted octanol–water partition coefficient (Wildman–Crippen LogP) is 2.57. The highest BCUT2D eigenvalue weighted by Crippen LogP contribution is 2.17. The molecule has 0 aliphatic rings. The van der Waals surface area contributed by atoms with Gasteiger partial charge in [0.05, 0.1) is 6.61 Å². The summed E-state index contributed by atoms with van der Waals surface area (Å²) in [5, 5.41) is 0. The highest BCUT2D eigenvalue weighted by molar-refractivity contribution is 5.75. The largest absolute Gasteiger partial charge is 0.493 e. The molecule has 0 N–H and O–H groups in total. The molecule has 0 atom stereocenters. The molecule has 0 bridgehead atoms. The molecular weight excluding hydrogens is 176 g/mol. The molecule has 1 aromatic carbocycles. The first-order valence-electron chi connectivity index (χ1n) is 4.62. The highest BCUT2D eigenvalue weighted by Gasteiger charge is 2.10. The highest BCUT2D eigenvalue weighted by atomic mass is 16.5. The van der Waals surface area contributed by atoms with Crippen LogP contribution in [0.1, 0.15) is 26.3 Å². The Balaban J connectivity index is 2.56. The van der Waals surface area contributed by atoms with Gasteiger partial charge in [-0.1, -0.05) is 20.8 Å². The molecule has 2 nitrogen and oxygen atoms in total. The van der Waals surface area contributed by atoms with Crippen LogP contribution in [0.15, 0.2) is 24.3 Å². The maximum Gasteiger partial charge on any atom is 0.233 e. The zero-order valence-corrected chi connectivity index (χ0v) is 8.83. The van der Waals surface area contributed by atoms with Gasteiger partial charge in [-0.15, -0.1) is 0 Å². The van der Waals surface area contributed by atoms with Crippen LogP contribution in [0, 0.1) is 5.41 Å². The molecule has 0 heterocycles. The van der Waals surface area contributed by atoms with E-state index in [9.17, 15) is 4.79 Å². The van der Waals surface area contributed by atoms with Crippen LogP contribution in [-0.2, 0) is 4.79 Å². The van der Waals surface area contributed by atoms with E-state index in [-0.39, 0.29) is 5.41 Å². The van der Waals surface area contributed by atoms with E-state index in [1.807, 2.05) is 6.29 Å². The second-order valence-corrected chi connectivity index (χ2v) is 4.48. The lowest BCUT2D eigenvalue weighted by Gasteiger charge is -2.18. The maximum absolute atomic E-state index is 10.3. The Hall–Kier alpha value is -1.31. The van der Waals surface area contributed by atoms with Crippen LogP contribution in [0.4, 0.5) is 0 Å². The van der Waals surface area contributed by atoms with Gasteiger partial charge in [-0.05, 0) is 29.7 Å². The Morgan fingerprint density at radius 3 is 2.21 bits per heavy atom. The molecule has 0 aliphatic carbocycles. The molecule has 14 heavy (non-hydrogen) atoms. The third-order valence-corrected chi connectivity index (χ3v) is 1.64. The van der Waals surface area contributed by atoms with Gasteiger partial charge in [-0.25, -0.2) is 0 Å². The van der Waals surface area contributed by atoms with Crippen LogP contribution in [0.3, 0.4) is 0 Å². The molecule has 0 amide bonds. The molecule has 0 fully saturated rings. The quantitative estimate of drug-likeness (QED) is 0.734. The van der Waals surface area contributed by atoms with Crippen molar-refractivity contribution in [1.29, 1.82) is 0 Å². The van der Waals surface area contributed by atoms with Crippen LogP contribution >= 0.6 is 0 Å². The lowest BCUT2D eigenvalue weighted by molar-refractivity contribution is 0.198. The summed E-state index contributed by atoms with van der Waals surface area (Å²) in [5.74, 6) is 0.791. The Bertz CT molecular complexity index is 293. The van der Waals surface area contributed by atoms with Gasteiger partial charge in [0.2, 0.25) is 6.29 Å². The van der Waals surface area contributed by atoms with Crippen molar-refractivity contribution >= 4 is 6.29 Å². The Morgan fingerprint density at radius 2 is 1.79 bits per heavy atom. The number of hydrogen-bond donors (Lipinski definition) is 0. The average Bonchev–Trinajstić information content (AvgIpc) is 2.14. The SMILES string of the molecule is CC(C)(C)COc1ccc([C]=O)cc1. The summed E-state index contributed by atoms with van der Waals surface area (Å²) in [4.78, 5) is 10.3. The summed E-state index contributed by atoms with van der Waals surface area (Å²) in [6, 6.07) is 6.97. The van der Waals surface area contributed by atoms with Crippen molar-refractivity contribution in [2.75, 3.05) is 6.61 Å². The Kier molecular flexibility index (Phi) is 3.28. The van der Waals surface area contributed by atoms with Gasteiger partial charge in [0.25, 0.3) is 0 Å². The fourth-order valence-electron chi connectivity index (χ4n) is 0.919. The lowest BCUT2D eigenvalue weighted by Crippen LogP contribution is -2.16. The third kappa shape index (κ3) is 3.60. The number of rotatable bonds is 3. The average molecular weight is 191 g/mol. The van der Waals surface area contributed by atoms with Crippen molar-refractivity contribution in [3.8, 4) is 5.75 Å². The van der Waals surface area contributed by atoms with Gasteiger partial charge in [0.1, 0.15) is 5.75 Å². The van der Waals surface area contributed by atoms with Crippen LogP contribution in [0.2, 0.25) is 0 Å². The summed E-state index contributed by atoms with van der Waals surface area (Å²) < 4.78 is 5.54. The second-order valence-electron chi connectivity index (χ2n) is 4.48. The molecule has 1 rings (SSSR count). The summed E-state index contributed by atoms with van der Waals surface area (Å²) >= 11 is 0. The van der Waals surface area contributed by atoms with Gasteiger partial charge in [-0.3, -0.25) is 4.79 Å². The molecular formula is C12H15O2. The molecule has 75 valence electrons. The normalized spacial score (nSPS) is 11.1. The topological polar surface area (TPSA) is 26.3 Å². The van der Waals surface area contributed by atoms with Gasteiger partial charge >= 0.3 is 0 Å². The van der Waals surface area contributed by atoms with E-state index in [2.05, 4.69) is 20.8 Å². The Morgan fingerprint density at radius 1 is 1.21 bits per heavy atom. The molecule has 0 saturated carbocycles. The lowest BCUT2D eigenvalue weighted by atomic mass is 9.99. The monoisotopic (exact) mass is 191 g/mol. The predicted molar refractivity (Wildman–Crippen MR) is 56.2 cm³/mol. The van der Waals surface area contributed by atoms with E-state index in [4.69, 9.17) is 4.74 Å². The molecule has 1 aromatic rings. The molecule has 1 radical (unpaired) electrons. The van der Waals surface area contributed by atoms with E-state index >= 15 is 0 Å². The number of carbonyl (C=O) groups excluding carboxylic acids is 1. The smallest absolute Gasteiger partial charge is 0.233 e. The van der Waals surface area contributed by atoms with E-state index < -0.39 is 0 Å². The molecule has 0 aliphatic heterocycles. The van der Waals surface area contributed by atoms with E-state index in [1.165, 1.54) is 0 Å². The van der Waals surface area contributed by atoms with E-state index in [1.54, 1.807) is 24.3 Å². The summed E-state index contributed by atoms with van der Waals surface area (Å²) in [6.45, 7) is 7.00. The zero-order chi connectivity index (χ0) is 10.6. The molecule has 0 saturated heterocycles. The van der Waals surface area contributed by atoms with Gasteiger partial charge in [0.15, 0.2) is 0 Å². The van der Waals surface area contributed by atoms with Crippen molar-refractivity contribution in [3.63, 3.8) is 0 Å². The van der Waals surface area contributed by atoms with Crippen molar-refractivity contribution in [1.82, 2.24) is 0 Å². The van der Waals surface area contributed by atoms with Crippen molar-refractivity contribution in [2.24, 2.45) is 5.41 Å². The van der Waals surface area contributed by atoms with Crippen LogP contribution < -0.4 is 4.74 Å². The molecule has 0 unspecified atom stereocenters. The van der Waals surface area contributed by atoms with Gasteiger partial charge in [0, 0.05) is 5.56 Å². The minimum atomic E-state index is 0.148. The van der Waals surface area contributed by atoms with Crippen LogP contribution in [-0.4, -0.2) is 12.9 Å². The first kappa shape index (κ1) is 10.8. The molecule has 0 aromatic heterocycles.